The number of rotatable bonds is 10. The predicted octanol–water partition coefficient (Wildman–Crippen LogP) is 3.98. The summed E-state index contributed by atoms with van der Waals surface area (Å²) in [5.41, 5.74) is 0.596. The molecule has 1 atom stereocenters. The van der Waals surface area contributed by atoms with Gasteiger partial charge in [0.15, 0.2) is 11.6 Å². The van der Waals surface area contributed by atoms with Crippen molar-refractivity contribution in [2.45, 2.75) is 32.4 Å². The lowest BCUT2D eigenvalue weighted by molar-refractivity contribution is -0.140. The number of hydrogen-bond acceptors (Lipinski definition) is 4. The highest BCUT2D eigenvalue weighted by atomic mass is 35.5. The zero-order valence-corrected chi connectivity index (χ0v) is 21.1. The normalized spacial score (nSPS) is 12.2. The molecule has 0 radical (unpaired) electrons. The number of sulfonamides is 1. The fourth-order valence-electron chi connectivity index (χ4n) is 3.27. The van der Waals surface area contributed by atoms with Crippen molar-refractivity contribution >= 4 is 50.7 Å². The number of anilines is 1. The van der Waals surface area contributed by atoms with Gasteiger partial charge in [0.2, 0.25) is 21.8 Å². The lowest BCUT2D eigenvalue weighted by atomic mass is 10.1. The van der Waals surface area contributed by atoms with Crippen LogP contribution in [0, 0.1) is 11.6 Å². The Labute approximate surface area is 207 Å². The van der Waals surface area contributed by atoms with Gasteiger partial charge in [-0.05, 0) is 43.2 Å². The first-order chi connectivity index (χ1) is 15.8. The van der Waals surface area contributed by atoms with E-state index in [0.717, 1.165) is 28.8 Å². The molecular formula is C22H25Cl2F2N3O4S. The molecule has 0 aliphatic carbocycles. The average molecular weight is 536 g/mol. The lowest BCUT2D eigenvalue weighted by Gasteiger charge is -2.29. The molecule has 0 fully saturated rings. The maximum atomic E-state index is 13.6. The molecule has 7 nitrogen and oxygen atoms in total. The van der Waals surface area contributed by atoms with Crippen molar-refractivity contribution in [2.24, 2.45) is 0 Å². The maximum absolute atomic E-state index is 13.6. The van der Waals surface area contributed by atoms with E-state index in [1.165, 1.54) is 11.9 Å². The largest absolute Gasteiger partial charge is 0.357 e. The summed E-state index contributed by atoms with van der Waals surface area (Å²) < 4.78 is 52.2. The molecule has 1 N–H and O–H groups in total. The van der Waals surface area contributed by atoms with Crippen LogP contribution in [0.4, 0.5) is 14.5 Å². The lowest BCUT2D eigenvalue weighted by Crippen LogP contribution is -2.46. The molecule has 0 aromatic heterocycles. The second kappa shape index (κ2) is 11.8. The Balaban J connectivity index is 2.18. The van der Waals surface area contributed by atoms with Crippen LogP contribution in [0.2, 0.25) is 10.0 Å². The zero-order valence-electron chi connectivity index (χ0n) is 18.8. The molecule has 0 saturated carbocycles. The number of nitrogens with one attached hydrogen (secondary N) is 1. The summed E-state index contributed by atoms with van der Waals surface area (Å²) in [6, 6.07) is 6.79. The molecule has 0 spiro atoms. The molecule has 12 heteroatoms. The smallest absolute Gasteiger partial charge is 0.242 e. The van der Waals surface area contributed by atoms with Crippen LogP contribution in [-0.4, -0.2) is 51.0 Å². The number of carbonyl (C=O) groups is 2. The van der Waals surface area contributed by atoms with Gasteiger partial charge in [0.1, 0.15) is 6.04 Å². The molecule has 2 aromatic rings. The van der Waals surface area contributed by atoms with Crippen molar-refractivity contribution < 1.29 is 26.8 Å². The molecule has 0 unspecified atom stereocenters. The number of hydrogen-bond donors (Lipinski definition) is 1. The number of nitrogens with zero attached hydrogens (tertiary/aromatic N) is 2. The van der Waals surface area contributed by atoms with Crippen LogP contribution in [0.25, 0.3) is 0 Å². The van der Waals surface area contributed by atoms with Crippen molar-refractivity contribution in [1.82, 2.24) is 10.2 Å². The van der Waals surface area contributed by atoms with E-state index in [1.54, 1.807) is 25.1 Å². The van der Waals surface area contributed by atoms with E-state index in [1.807, 2.05) is 0 Å². The summed E-state index contributed by atoms with van der Waals surface area (Å²) in [6.07, 6.45) is 0.905. The van der Waals surface area contributed by atoms with Crippen LogP contribution in [0.15, 0.2) is 36.4 Å². The van der Waals surface area contributed by atoms with Crippen molar-refractivity contribution in [1.29, 1.82) is 0 Å². The minimum Gasteiger partial charge on any atom is -0.357 e. The molecule has 0 aliphatic heterocycles. The van der Waals surface area contributed by atoms with Gasteiger partial charge in [-0.25, -0.2) is 17.2 Å². The molecule has 34 heavy (non-hydrogen) atoms. The number of benzene rings is 2. The topological polar surface area (TPSA) is 86.8 Å². The molecule has 2 amide bonds. The summed E-state index contributed by atoms with van der Waals surface area (Å²) in [5.74, 6) is -3.07. The van der Waals surface area contributed by atoms with Crippen LogP contribution >= 0.6 is 23.2 Å². The summed E-state index contributed by atoms with van der Waals surface area (Å²) in [4.78, 5) is 26.6. The molecule has 0 aliphatic rings. The third-order valence-electron chi connectivity index (χ3n) is 5.09. The zero-order chi connectivity index (χ0) is 25.6. The first-order valence-electron chi connectivity index (χ1n) is 10.2. The average Bonchev–Trinajstić information content (AvgIpc) is 2.77. The standard InChI is InChI=1S/C22H25Cl2F2N3O4S/c1-14(22(31)27-2)28(13-15-6-8-17(23)18(24)11-15)21(30)5-4-10-29(34(3,32)33)16-7-9-19(25)20(26)12-16/h6-9,11-12,14H,4-5,10,13H2,1-3H3,(H,27,31)/t14-/m0/s1. The van der Waals surface area contributed by atoms with Gasteiger partial charge in [-0.3, -0.25) is 13.9 Å². The van der Waals surface area contributed by atoms with Gasteiger partial charge in [0.25, 0.3) is 0 Å². The molecule has 2 rings (SSSR count). The van der Waals surface area contributed by atoms with Crippen molar-refractivity contribution in [3.05, 3.63) is 63.6 Å². The maximum Gasteiger partial charge on any atom is 0.242 e. The molecular weight excluding hydrogens is 511 g/mol. The highest BCUT2D eigenvalue weighted by Gasteiger charge is 2.26. The Morgan fingerprint density at radius 3 is 2.29 bits per heavy atom. The third kappa shape index (κ3) is 7.28. The van der Waals surface area contributed by atoms with Crippen molar-refractivity contribution in [2.75, 3.05) is 24.2 Å². The Hall–Kier alpha value is -2.43. The first-order valence-corrected chi connectivity index (χ1v) is 12.8. The van der Waals surface area contributed by atoms with Crippen LogP contribution in [0.1, 0.15) is 25.3 Å². The molecule has 186 valence electrons. The van der Waals surface area contributed by atoms with Gasteiger partial charge in [-0.2, -0.15) is 0 Å². The van der Waals surface area contributed by atoms with Crippen LogP contribution in [0.3, 0.4) is 0 Å². The van der Waals surface area contributed by atoms with Crippen LogP contribution < -0.4 is 9.62 Å². The number of carbonyl (C=O) groups excluding carboxylic acids is 2. The Bertz CT molecular complexity index is 1160. The quantitative estimate of drug-likeness (QED) is 0.498. The van der Waals surface area contributed by atoms with Gasteiger partial charge in [0, 0.05) is 32.6 Å². The Kier molecular flexibility index (Phi) is 9.66. The van der Waals surface area contributed by atoms with Crippen molar-refractivity contribution in [3.8, 4) is 0 Å². The van der Waals surface area contributed by atoms with Crippen molar-refractivity contribution in [3.63, 3.8) is 0 Å². The van der Waals surface area contributed by atoms with Crippen LogP contribution in [-0.2, 0) is 26.2 Å². The fourth-order valence-corrected chi connectivity index (χ4v) is 4.55. The van der Waals surface area contributed by atoms with E-state index in [0.29, 0.717) is 15.6 Å². The van der Waals surface area contributed by atoms with Gasteiger partial charge in [0.05, 0.1) is 22.0 Å². The van der Waals surface area contributed by atoms with E-state index in [2.05, 4.69) is 5.32 Å². The summed E-state index contributed by atoms with van der Waals surface area (Å²) >= 11 is 12.0. The monoisotopic (exact) mass is 535 g/mol. The summed E-state index contributed by atoms with van der Waals surface area (Å²) in [7, 11) is -2.38. The summed E-state index contributed by atoms with van der Waals surface area (Å²) in [5, 5.41) is 3.15. The van der Waals surface area contributed by atoms with E-state index in [4.69, 9.17) is 23.2 Å². The van der Waals surface area contributed by atoms with Gasteiger partial charge in [-0.15, -0.1) is 0 Å². The van der Waals surface area contributed by atoms with E-state index >= 15 is 0 Å². The number of halogens is 4. The van der Waals surface area contributed by atoms with Crippen LogP contribution in [0.5, 0.6) is 0 Å². The Morgan fingerprint density at radius 1 is 1.06 bits per heavy atom. The second-order valence-corrected chi connectivity index (χ2v) is 10.3. The fraction of sp³-hybridized carbons (Fsp3) is 0.364. The first kappa shape index (κ1) is 27.8. The van der Waals surface area contributed by atoms with E-state index < -0.39 is 33.6 Å². The minimum atomic E-state index is -3.83. The highest BCUT2D eigenvalue weighted by Crippen LogP contribution is 2.25. The summed E-state index contributed by atoms with van der Waals surface area (Å²) in [6.45, 7) is 1.49. The molecule has 0 saturated heterocycles. The van der Waals surface area contributed by atoms with Gasteiger partial charge in [-0.1, -0.05) is 29.3 Å². The molecule has 0 heterocycles. The SMILES string of the molecule is CNC(=O)[C@H](C)N(Cc1ccc(Cl)c(Cl)c1)C(=O)CCCN(c1ccc(F)c(F)c1)S(C)(=O)=O. The van der Waals surface area contributed by atoms with E-state index in [-0.39, 0.29) is 37.5 Å². The highest BCUT2D eigenvalue weighted by molar-refractivity contribution is 7.92. The number of amides is 2. The molecule has 0 bridgehead atoms. The minimum absolute atomic E-state index is 0.0553. The third-order valence-corrected chi connectivity index (χ3v) is 7.03. The Morgan fingerprint density at radius 2 is 1.74 bits per heavy atom. The second-order valence-electron chi connectivity index (χ2n) is 7.60. The van der Waals surface area contributed by atoms with E-state index in [9.17, 15) is 26.8 Å². The predicted molar refractivity (Wildman–Crippen MR) is 128 cm³/mol. The molecule has 2 aromatic carbocycles. The van der Waals surface area contributed by atoms with Gasteiger partial charge < -0.3 is 10.2 Å². The van der Waals surface area contributed by atoms with Gasteiger partial charge >= 0.3 is 0 Å². The number of likely N-dealkylation sites (N-methyl/N-ethyl adjacent to an activating group) is 1.